The summed E-state index contributed by atoms with van der Waals surface area (Å²) >= 11 is 14.1. The van der Waals surface area contributed by atoms with Crippen LogP contribution in [-0.4, -0.2) is 261 Å². The molecule has 43 heteroatoms. The summed E-state index contributed by atoms with van der Waals surface area (Å²) in [5.41, 5.74) is 9.70. The highest BCUT2D eigenvalue weighted by Crippen LogP contribution is 2.50. The van der Waals surface area contributed by atoms with Crippen molar-refractivity contribution in [2.45, 2.75) is 192 Å². The Hall–Kier alpha value is -10.9. The normalized spacial score (nSPS) is 32.1. The number of aliphatic hydroxyl groups is 9. The van der Waals surface area contributed by atoms with E-state index in [1.807, 2.05) is 0 Å². The summed E-state index contributed by atoms with van der Waals surface area (Å²) in [6.07, 6.45) is -32.4. The number of benzene rings is 7. The first-order valence-electron chi connectivity index (χ1n) is 39.6. The molecule has 0 saturated carbocycles. The van der Waals surface area contributed by atoms with Gasteiger partial charge >= 0.3 is 5.97 Å². The zero-order chi connectivity index (χ0) is 90.5. The summed E-state index contributed by atoms with van der Waals surface area (Å²) in [6.45, 7) is 0.883. The quantitative estimate of drug-likeness (QED) is 0.0586. The first-order chi connectivity index (χ1) is 60.0. The van der Waals surface area contributed by atoms with Crippen molar-refractivity contribution in [2.24, 2.45) is 11.5 Å². The van der Waals surface area contributed by atoms with Gasteiger partial charge in [0.1, 0.15) is 131 Å². The highest BCUT2D eigenvalue weighted by molar-refractivity contribution is 6.32. The Balaban J connectivity index is 1.03. The van der Waals surface area contributed by atoms with Crippen LogP contribution < -0.4 is 62.9 Å². The highest BCUT2D eigenvalue weighted by atomic mass is 35.5. The van der Waals surface area contributed by atoms with Crippen molar-refractivity contribution in [1.29, 1.82) is 0 Å². The summed E-state index contributed by atoms with van der Waals surface area (Å²) in [6, 6.07) is 6.00. The van der Waals surface area contributed by atoms with Crippen molar-refractivity contribution in [1.82, 2.24) is 37.2 Å². The molecule has 4 saturated heterocycles. The maximum absolute atomic E-state index is 16.8. The number of carboxylic acids is 1. The number of carbonyl (C=O) groups is 7. The second-order valence-electron chi connectivity index (χ2n) is 31.2. The molecule has 7 aromatic carbocycles. The zero-order valence-electron chi connectivity index (χ0n) is 66.6. The number of carboxylic acid groups (broad SMARTS) is 1. The minimum absolute atomic E-state index is 0.169. The molecular formula is C83H91Cl2N9O32. The third-order valence-corrected chi connectivity index (χ3v) is 23.3. The number of amides is 6. The molecule has 27 atom stereocenters. The van der Waals surface area contributed by atoms with Crippen molar-refractivity contribution in [2.75, 3.05) is 20.3 Å². The number of phenolic OH excluding ortho intramolecular Hbond substituents is 5. The van der Waals surface area contributed by atoms with Crippen LogP contribution >= 0.6 is 23.2 Å². The van der Waals surface area contributed by atoms with Crippen LogP contribution in [0.15, 0.2) is 127 Å². The molecular weight excluding hydrogens is 1710 g/mol. The van der Waals surface area contributed by atoms with E-state index in [2.05, 4.69) is 37.2 Å². The van der Waals surface area contributed by atoms with Crippen molar-refractivity contribution < 1.29 is 158 Å². The first-order valence-corrected chi connectivity index (χ1v) is 40.3. The molecule has 126 heavy (non-hydrogen) atoms. The van der Waals surface area contributed by atoms with E-state index in [-0.39, 0.29) is 46.6 Å². The number of phenols is 5. The highest BCUT2D eigenvalue weighted by Gasteiger charge is 2.53. The Kier molecular flexibility index (Phi) is 27.5. The molecule has 6 amide bonds. The van der Waals surface area contributed by atoms with Crippen LogP contribution in [0.3, 0.4) is 0 Å². The van der Waals surface area contributed by atoms with Gasteiger partial charge in [0, 0.05) is 47.7 Å². The van der Waals surface area contributed by atoms with Gasteiger partial charge in [-0.3, -0.25) is 28.8 Å². The van der Waals surface area contributed by atoms with Crippen LogP contribution in [0.1, 0.15) is 108 Å². The van der Waals surface area contributed by atoms with E-state index in [1.54, 1.807) is 0 Å². The molecule has 9 aliphatic heterocycles. The molecule has 674 valence electrons. The predicted octanol–water partition coefficient (Wildman–Crippen LogP) is -0.377. The molecule has 41 nitrogen and oxygen atoms in total. The van der Waals surface area contributed by atoms with Crippen LogP contribution in [0.4, 0.5) is 0 Å². The van der Waals surface area contributed by atoms with Crippen LogP contribution in [0, 0.1) is 0 Å². The van der Waals surface area contributed by atoms with Crippen molar-refractivity contribution in [3.63, 3.8) is 0 Å². The minimum atomic E-state index is -2.46. The van der Waals surface area contributed by atoms with Crippen molar-refractivity contribution in [3.8, 4) is 68.6 Å². The van der Waals surface area contributed by atoms with Gasteiger partial charge < -0.3 is 173 Å². The smallest absolute Gasteiger partial charge is 0.330 e. The molecule has 9 heterocycles. The SMILES string of the molecule is CNC(C(=O)NC1C(=O)NC(c2ccc(O)c(Cl)c2)C(=O)NC2C(=O)NC3C(=O)NC(C(=O)NC(C(=O)O)c4cc(O)cc(O)c4-c4cc3ccc4O)C(OC3CC(N)C(O)C(C)O3)c3ccc(c(Cl)c3)Oc3cc2cc(c3OC2OC(CO)C(O)C(O)C2OC2CC(N)C(O)C(C)O2)Oc2ccc(cc2)C1OC1OC(CO)C(O)C(O)C1O)c1ccc(O)cc1. The number of aromatic hydroxyl groups is 5. The Morgan fingerprint density at radius 1 is 0.508 bits per heavy atom. The van der Waals surface area contributed by atoms with E-state index in [1.165, 1.54) is 81.6 Å². The topological polar surface area (TPSA) is 651 Å². The average Bonchev–Trinajstić information content (AvgIpc) is 0.761. The predicted molar refractivity (Wildman–Crippen MR) is 430 cm³/mol. The van der Waals surface area contributed by atoms with Crippen LogP contribution in [0.5, 0.6) is 57.5 Å². The number of hydrogen-bond acceptors (Lipinski definition) is 34. The number of fused-ring (bicyclic) bond motifs is 15. The molecule has 0 aliphatic carbocycles. The molecule has 27 unspecified atom stereocenters. The maximum Gasteiger partial charge on any atom is 0.330 e. The van der Waals surface area contributed by atoms with Crippen LogP contribution in [0.2, 0.25) is 10.0 Å². The maximum atomic E-state index is 16.8. The Bertz CT molecular complexity index is 5220. The molecule has 4 fully saturated rings. The number of nitrogens with two attached hydrogens (primary N) is 2. The Labute approximate surface area is 724 Å². The lowest BCUT2D eigenvalue weighted by Crippen LogP contribution is -2.62. The van der Waals surface area contributed by atoms with Crippen molar-refractivity contribution in [3.05, 3.63) is 176 Å². The van der Waals surface area contributed by atoms with E-state index in [9.17, 15) is 81.4 Å². The lowest BCUT2D eigenvalue weighted by Gasteiger charge is -2.44. The molecule has 0 aromatic heterocycles. The fraction of sp³-hybridized carbons (Fsp3) is 0.410. The van der Waals surface area contributed by atoms with Gasteiger partial charge in [-0.05, 0) is 133 Å². The van der Waals surface area contributed by atoms with Crippen LogP contribution in [0.25, 0.3) is 11.1 Å². The standard InChI is InChI=1S/C83H91Cl2N9O32/c1-29-64(102)44(86)25-54(117-29)123-72-35-10-17-49(43(85)20-35)120-51-22-36-21-50(73(51)126-83-74(69(107)67(105)53(28-96)122-83)124-55-26-45(87)65(103)30(2)118-55)119-39-13-6-32(7-14-39)71(125-82-70(108)68(106)66(104)52(27-95)121-82)62(93-75(109)57(88-3)31-4-11-37(97)12-5-31)79(113)90-59(34-9-16-47(100)42(84)19-34)76(110)91-60(36)78(112)89-58-33-8-15-46(99)40(18-33)56-41(23-38(98)24-48(56)101)61(81(115)116)92-80(114)63(72)94-77(58)111/h4-24,29-30,44-45,52-55,57-72,74,82-83,88,95-108H,25-28,86-87H2,1-3H3,(H,89,112)(H,90,113)(H,91,110)(H,92,114)(H,93,109)(H,94,111)(H,115,116). The molecule has 7 aromatic rings. The molecule has 9 aliphatic rings. The summed E-state index contributed by atoms with van der Waals surface area (Å²) in [7, 11) is 1.36. The van der Waals surface area contributed by atoms with Crippen LogP contribution in [-0.2, 0) is 66.7 Å². The Morgan fingerprint density at radius 2 is 1.06 bits per heavy atom. The summed E-state index contributed by atoms with van der Waals surface area (Å²) < 4.78 is 64.3. The van der Waals surface area contributed by atoms with E-state index in [0.29, 0.717) is 0 Å². The molecule has 0 spiro atoms. The monoisotopic (exact) mass is 1800 g/mol. The van der Waals surface area contributed by atoms with Gasteiger partial charge in [-0.15, -0.1) is 0 Å². The molecule has 16 rings (SSSR count). The summed E-state index contributed by atoms with van der Waals surface area (Å²) in [4.78, 5) is 111. The fourth-order valence-corrected chi connectivity index (χ4v) is 16.3. The van der Waals surface area contributed by atoms with Gasteiger partial charge in [-0.2, -0.15) is 0 Å². The lowest BCUT2D eigenvalue weighted by atomic mass is 9.89. The van der Waals surface area contributed by atoms with E-state index in [4.69, 9.17) is 82.0 Å². The Morgan fingerprint density at radius 3 is 1.65 bits per heavy atom. The average molecular weight is 1800 g/mol. The zero-order valence-corrected chi connectivity index (χ0v) is 68.1. The van der Waals surface area contributed by atoms with Gasteiger partial charge in [0.15, 0.2) is 42.5 Å². The number of nitrogens with one attached hydrogen (secondary N) is 7. The number of carbonyl (C=O) groups excluding carboxylic acids is 6. The van der Waals surface area contributed by atoms with Gasteiger partial charge in [0.05, 0.1) is 47.7 Å². The van der Waals surface area contributed by atoms with Gasteiger partial charge in [0.25, 0.3) is 0 Å². The number of hydrogen-bond donors (Lipinski definition) is 24. The number of halogens is 2. The molecule has 26 N–H and O–H groups in total. The first kappa shape index (κ1) is 91.3. The molecule has 11 bridgehead atoms. The number of aliphatic hydroxyl groups excluding tert-OH is 9. The van der Waals surface area contributed by atoms with Gasteiger partial charge in [0.2, 0.25) is 47.5 Å². The van der Waals surface area contributed by atoms with Gasteiger partial charge in [-0.25, -0.2) is 4.79 Å². The second kappa shape index (κ2) is 37.9. The minimum Gasteiger partial charge on any atom is -0.508 e. The number of ether oxygens (including phenoxy) is 10. The lowest BCUT2D eigenvalue weighted by molar-refractivity contribution is -0.330. The summed E-state index contributed by atoms with van der Waals surface area (Å²) in [5.74, 6) is -16.1. The van der Waals surface area contributed by atoms with E-state index < -0.39 is 303 Å². The third-order valence-electron chi connectivity index (χ3n) is 22.7. The number of rotatable bonds is 16. The fourth-order valence-electron chi connectivity index (χ4n) is 15.9. The summed E-state index contributed by atoms with van der Waals surface area (Å²) in [5, 5.41) is 186. The van der Waals surface area contributed by atoms with Crippen molar-refractivity contribution >= 4 is 64.6 Å². The van der Waals surface area contributed by atoms with E-state index in [0.717, 1.165) is 66.7 Å². The third kappa shape index (κ3) is 18.9. The van der Waals surface area contributed by atoms with Gasteiger partial charge in [-0.1, -0.05) is 65.7 Å². The second-order valence-corrected chi connectivity index (χ2v) is 32.0. The largest absolute Gasteiger partial charge is 0.508 e. The number of aliphatic carboxylic acids is 1. The number of likely N-dealkylation sites (N-methyl/N-ethyl adjacent to an activating group) is 1. The van der Waals surface area contributed by atoms with E-state index >= 15 is 28.8 Å². The molecule has 0 radical (unpaired) electrons.